The van der Waals surface area contributed by atoms with Crippen LogP contribution in [0.25, 0.3) is 0 Å². The molecule has 0 fully saturated rings. The fraction of sp³-hybridized carbons (Fsp3) is 0.783. The van der Waals surface area contributed by atoms with E-state index in [1.165, 1.54) is 0 Å². The van der Waals surface area contributed by atoms with Gasteiger partial charge in [-0.05, 0) is 51.9 Å². The zero-order valence-electron chi connectivity index (χ0n) is 19.1. The number of rotatable bonds is 15. The van der Waals surface area contributed by atoms with Crippen molar-refractivity contribution >= 4 is 17.8 Å². The summed E-state index contributed by atoms with van der Waals surface area (Å²) in [5.74, 6) is 0.603. The fourth-order valence-corrected chi connectivity index (χ4v) is 3.04. The normalized spacial score (nSPS) is 12.3. The van der Waals surface area contributed by atoms with Crippen molar-refractivity contribution in [3.05, 3.63) is 12.7 Å². The van der Waals surface area contributed by atoms with Gasteiger partial charge in [0, 0.05) is 25.8 Å². The highest BCUT2D eigenvalue weighted by Crippen LogP contribution is 2.18. The maximum absolute atomic E-state index is 12.3. The second kappa shape index (κ2) is 15.1. The topological polar surface area (TPSA) is 81.7 Å². The lowest BCUT2D eigenvalue weighted by Crippen LogP contribution is -2.36. The first-order valence-corrected chi connectivity index (χ1v) is 10.8. The van der Waals surface area contributed by atoms with Crippen LogP contribution in [0.2, 0.25) is 0 Å². The predicted molar refractivity (Wildman–Crippen MR) is 116 cm³/mol. The van der Waals surface area contributed by atoms with Gasteiger partial charge in [0.2, 0.25) is 0 Å². The second-order valence-corrected chi connectivity index (χ2v) is 9.01. The summed E-state index contributed by atoms with van der Waals surface area (Å²) in [5, 5.41) is 2.80. The zero-order valence-corrected chi connectivity index (χ0v) is 19.1. The van der Waals surface area contributed by atoms with Crippen molar-refractivity contribution in [2.75, 3.05) is 13.2 Å². The Morgan fingerprint density at radius 3 is 2.21 bits per heavy atom. The molecule has 6 heteroatoms. The van der Waals surface area contributed by atoms with Crippen LogP contribution in [0.1, 0.15) is 86.0 Å². The number of hydrogen-bond donors (Lipinski definition) is 1. The van der Waals surface area contributed by atoms with Gasteiger partial charge in [-0.25, -0.2) is 4.79 Å². The molecule has 0 aliphatic heterocycles. The van der Waals surface area contributed by atoms with Gasteiger partial charge in [-0.2, -0.15) is 0 Å². The van der Waals surface area contributed by atoms with E-state index in [4.69, 9.17) is 9.47 Å². The summed E-state index contributed by atoms with van der Waals surface area (Å²) in [6.45, 7) is 13.9. The fourth-order valence-electron chi connectivity index (χ4n) is 3.04. The number of ether oxygens (including phenoxy) is 2. The van der Waals surface area contributed by atoms with Gasteiger partial charge in [0.25, 0.3) is 0 Å². The van der Waals surface area contributed by atoms with E-state index in [0.717, 1.165) is 32.1 Å². The molecule has 0 saturated carbocycles. The van der Waals surface area contributed by atoms with Crippen LogP contribution < -0.4 is 5.32 Å². The Kier molecular flexibility index (Phi) is 14.1. The minimum absolute atomic E-state index is 0.120. The largest absolute Gasteiger partial charge is 0.461 e. The van der Waals surface area contributed by atoms with Gasteiger partial charge in [-0.15, -0.1) is 0 Å². The van der Waals surface area contributed by atoms with E-state index in [2.05, 4.69) is 25.7 Å². The van der Waals surface area contributed by atoms with Crippen molar-refractivity contribution in [2.45, 2.75) is 91.6 Å². The molecule has 0 aliphatic carbocycles. The first kappa shape index (κ1) is 27.1. The van der Waals surface area contributed by atoms with Crippen molar-refractivity contribution in [2.24, 2.45) is 11.8 Å². The van der Waals surface area contributed by atoms with Crippen LogP contribution in [0.3, 0.4) is 0 Å². The van der Waals surface area contributed by atoms with E-state index in [9.17, 15) is 14.4 Å². The van der Waals surface area contributed by atoms with E-state index >= 15 is 0 Å². The smallest absolute Gasteiger partial charge is 0.407 e. The molecule has 1 amide bonds. The van der Waals surface area contributed by atoms with E-state index < -0.39 is 11.7 Å². The van der Waals surface area contributed by atoms with Crippen LogP contribution in [0, 0.1) is 11.8 Å². The summed E-state index contributed by atoms with van der Waals surface area (Å²) in [5.41, 5.74) is -0.532. The molecule has 0 spiro atoms. The van der Waals surface area contributed by atoms with Crippen LogP contribution >= 0.6 is 0 Å². The standard InChI is InChI=1S/C23H41NO5/c1-7-14-28-21(26)13-11-9-8-10-12-20(25)16-19(15-18(2)3)17-24-22(27)29-23(4,5)6/h7,18-19H,1,8-17H2,2-6H3,(H,24,27)/t19-/m0/s1. The monoisotopic (exact) mass is 411 g/mol. The Hall–Kier alpha value is -1.85. The molecule has 0 aliphatic rings. The summed E-state index contributed by atoms with van der Waals surface area (Å²) < 4.78 is 10.2. The molecule has 0 aromatic heterocycles. The quantitative estimate of drug-likeness (QED) is 0.227. The lowest BCUT2D eigenvalue weighted by Gasteiger charge is -2.22. The number of nitrogens with one attached hydrogen (secondary N) is 1. The molecule has 1 atom stereocenters. The van der Waals surface area contributed by atoms with Crippen molar-refractivity contribution in [1.82, 2.24) is 5.32 Å². The highest BCUT2D eigenvalue weighted by atomic mass is 16.6. The third-order valence-electron chi connectivity index (χ3n) is 4.20. The predicted octanol–water partition coefficient (Wildman–Crippen LogP) is 5.20. The van der Waals surface area contributed by atoms with Gasteiger partial charge in [0.15, 0.2) is 0 Å². The molecule has 29 heavy (non-hydrogen) atoms. The number of ketones is 1. The van der Waals surface area contributed by atoms with E-state index in [1.54, 1.807) is 6.08 Å². The summed E-state index contributed by atoms with van der Waals surface area (Å²) in [4.78, 5) is 35.6. The van der Waals surface area contributed by atoms with E-state index in [-0.39, 0.29) is 24.3 Å². The highest BCUT2D eigenvalue weighted by Gasteiger charge is 2.19. The molecule has 6 nitrogen and oxygen atoms in total. The number of esters is 1. The van der Waals surface area contributed by atoms with Crippen LogP contribution in [-0.4, -0.2) is 36.6 Å². The Morgan fingerprint density at radius 2 is 1.66 bits per heavy atom. The summed E-state index contributed by atoms with van der Waals surface area (Å²) in [6, 6.07) is 0. The molecule has 1 N–H and O–H groups in total. The molecule has 0 bridgehead atoms. The van der Waals surface area contributed by atoms with E-state index in [0.29, 0.717) is 31.7 Å². The maximum atomic E-state index is 12.3. The first-order valence-electron chi connectivity index (χ1n) is 10.8. The molecule has 0 aromatic rings. The van der Waals surface area contributed by atoms with Crippen molar-refractivity contribution in [1.29, 1.82) is 0 Å². The summed E-state index contributed by atoms with van der Waals surface area (Å²) in [7, 11) is 0. The molecular formula is C23H41NO5. The molecule has 0 rings (SSSR count). The average molecular weight is 412 g/mol. The second-order valence-electron chi connectivity index (χ2n) is 9.01. The third kappa shape index (κ3) is 17.9. The Bertz CT molecular complexity index is 508. The number of alkyl carbamates (subject to hydrolysis) is 1. The van der Waals surface area contributed by atoms with Gasteiger partial charge in [-0.1, -0.05) is 39.3 Å². The SMILES string of the molecule is C=CCOC(=O)CCCCCCC(=O)C[C@@H](CNC(=O)OC(C)(C)C)CC(C)C. The zero-order chi connectivity index (χ0) is 22.3. The number of Topliss-reactive ketones (excluding diaryl/α,β-unsaturated/α-hetero) is 1. The van der Waals surface area contributed by atoms with Crippen LogP contribution in [-0.2, 0) is 19.1 Å². The highest BCUT2D eigenvalue weighted by molar-refractivity contribution is 5.78. The molecule has 0 heterocycles. The minimum atomic E-state index is -0.532. The number of hydrogen-bond acceptors (Lipinski definition) is 5. The van der Waals surface area contributed by atoms with Gasteiger partial charge < -0.3 is 14.8 Å². The van der Waals surface area contributed by atoms with Crippen LogP contribution in [0.4, 0.5) is 4.79 Å². The Labute approximate surface area is 176 Å². The van der Waals surface area contributed by atoms with Gasteiger partial charge in [0.05, 0.1) is 0 Å². The lowest BCUT2D eigenvalue weighted by molar-refractivity contribution is -0.142. The molecular weight excluding hydrogens is 370 g/mol. The Balaban J connectivity index is 4.10. The maximum Gasteiger partial charge on any atom is 0.407 e. The average Bonchev–Trinajstić information content (AvgIpc) is 2.58. The summed E-state index contributed by atoms with van der Waals surface area (Å²) in [6.07, 6.45) is 6.86. The molecule has 0 radical (unpaired) electrons. The lowest BCUT2D eigenvalue weighted by atomic mass is 9.91. The van der Waals surface area contributed by atoms with Crippen LogP contribution in [0.15, 0.2) is 12.7 Å². The van der Waals surface area contributed by atoms with Crippen molar-refractivity contribution in [3.63, 3.8) is 0 Å². The number of amides is 1. The summed E-state index contributed by atoms with van der Waals surface area (Å²) >= 11 is 0. The molecule has 168 valence electrons. The first-order chi connectivity index (χ1) is 13.5. The van der Waals surface area contributed by atoms with Crippen molar-refractivity contribution in [3.8, 4) is 0 Å². The third-order valence-corrected chi connectivity index (χ3v) is 4.20. The Morgan fingerprint density at radius 1 is 1.03 bits per heavy atom. The molecule has 0 aromatic carbocycles. The molecule has 0 saturated heterocycles. The molecule has 0 unspecified atom stereocenters. The van der Waals surface area contributed by atoms with Gasteiger partial charge in [-0.3, -0.25) is 9.59 Å². The van der Waals surface area contributed by atoms with Crippen LogP contribution in [0.5, 0.6) is 0 Å². The number of carbonyl (C=O) groups is 3. The van der Waals surface area contributed by atoms with E-state index in [1.807, 2.05) is 20.8 Å². The number of unbranched alkanes of at least 4 members (excludes halogenated alkanes) is 3. The van der Waals surface area contributed by atoms with Gasteiger partial charge >= 0.3 is 12.1 Å². The van der Waals surface area contributed by atoms with Gasteiger partial charge in [0.1, 0.15) is 18.0 Å². The minimum Gasteiger partial charge on any atom is -0.461 e. The number of carbonyl (C=O) groups excluding carboxylic acids is 3. The van der Waals surface area contributed by atoms with Crippen molar-refractivity contribution < 1.29 is 23.9 Å².